The zero-order chi connectivity index (χ0) is 29.2. The van der Waals surface area contributed by atoms with Gasteiger partial charge in [-0.25, -0.2) is 4.98 Å². The van der Waals surface area contributed by atoms with Crippen LogP contribution in [0.15, 0.2) is 66.9 Å². The predicted molar refractivity (Wildman–Crippen MR) is 162 cm³/mol. The highest BCUT2D eigenvalue weighted by molar-refractivity contribution is 5.79. The number of nitro groups is 1. The van der Waals surface area contributed by atoms with Crippen LogP contribution < -0.4 is 0 Å². The standard InChI is InChI=1S/C33H37N5O4/c1-23-6-3-7-24(18-23)27-12-13-31-34-32(25-8-4-10-28(19-25)38(40)41)30(37(31)21-27)22-35-14-16-36(17-15-35)33(39)26-9-5-11-29(20-26)42-2/h3-4,6-8,10,12-13,18-19,21,26,29H,5,9,11,14-17,20,22H2,1-2H3/t26-,29+/m1/s1. The van der Waals surface area contributed by atoms with Gasteiger partial charge in [0.25, 0.3) is 5.69 Å². The largest absolute Gasteiger partial charge is 0.381 e. The Labute approximate surface area is 245 Å². The molecule has 9 nitrogen and oxygen atoms in total. The Morgan fingerprint density at radius 3 is 2.55 bits per heavy atom. The van der Waals surface area contributed by atoms with Crippen molar-refractivity contribution in [3.63, 3.8) is 0 Å². The van der Waals surface area contributed by atoms with Crippen molar-refractivity contribution in [1.82, 2.24) is 19.2 Å². The third-order valence-corrected chi connectivity index (χ3v) is 8.77. The molecular weight excluding hydrogens is 530 g/mol. The van der Waals surface area contributed by atoms with Crippen LogP contribution in [-0.4, -0.2) is 69.4 Å². The van der Waals surface area contributed by atoms with E-state index in [4.69, 9.17) is 9.72 Å². The van der Waals surface area contributed by atoms with E-state index in [9.17, 15) is 14.9 Å². The van der Waals surface area contributed by atoms with Crippen LogP contribution >= 0.6 is 0 Å². The number of nitro benzene ring substituents is 1. The second-order valence-corrected chi connectivity index (χ2v) is 11.6. The number of imidazole rings is 1. The highest BCUT2D eigenvalue weighted by atomic mass is 16.6. The topological polar surface area (TPSA) is 93.2 Å². The molecule has 9 heteroatoms. The number of aryl methyl sites for hydroxylation is 1. The van der Waals surface area contributed by atoms with Gasteiger partial charge in [0, 0.05) is 69.6 Å². The number of fused-ring (bicyclic) bond motifs is 1. The van der Waals surface area contributed by atoms with Crippen molar-refractivity contribution in [1.29, 1.82) is 0 Å². The molecule has 42 heavy (non-hydrogen) atoms. The Morgan fingerprint density at radius 1 is 1.00 bits per heavy atom. The molecule has 0 bridgehead atoms. The van der Waals surface area contributed by atoms with E-state index < -0.39 is 0 Å². The van der Waals surface area contributed by atoms with Gasteiger partial charge in [-0.2, -0.15) is 0 Å². The molecule has 0 spiro atoms. The summed E-state index contributed by atoms with van der Waals surface area (Å²) >= 11 is 0. The molecule has 6 rings (SSSR count). The summed E-state index contributed by atoms with van der Waals surface area (Å²) in [5.41, 5.74) is 6.67. The van der Waals surface area contributed by atoms with Gasteiger partial charge >= 0.3 is 0 Å². The van der Waals surface area contributed by atoms with E-state index in [1.165, 1.54) is 11.6 Å². The third kappa shape index (κ3) is 5.80. The zero-order valence-electron chi connectivity index (χ0n) is 24.2. The maximum Gasteiger partial charge on any atom is 0.270 e. The van der Waals surface area contributed by atoms with Gasteiger partial charge in [-0.05, 0) is 49.4 Å². The van der Waals surface area contributed by atoms with Crippen LogP contribution in [0.1, 0.15) is 36.9 Å². The first-order valence-electron chi connectivity index (χ1n) is 14.8. The number of carbonyl (C=O) groups excluding carboxylic acids is 1. The molecule has 0 N–H and O–H groups in total. The number of carbonyl (C=O) groups is 1. The second-order valence-electron chi connectivity index (χ2n) is 11.6. The summed E-state index contributed by atoms with van der Waals surface area (Å²) < 4.78 is 7.68. The maximum absolute atomic E-state index is 13.3. The molecule has 1 saturated heterocycles. The fourth-order valence-corrected chi connectivity index (χ4v) is 6.42. The van der Waals surface area contributed by atoms with Crippen molar-refractivity contribution in [3.8, 4) is 22.4 Å². The van der Waals surface area contributed by atoms with E-state index in [0.29, 0.717) is 19.6 Å². The van der Waals surface area contributed by atoms with Gasteiger partial charge in [0.15, 0.2) is 0 Å². The minimum atomic E-state index is -0.369. The summed E-state index contributed by atoms with van der Waals surface area (Å²) in [4.78, 5) is 33.8. The lowest BCUT2D eigenvalue weighted by Gasteiger charge is -2.38. The summed E-state index contributed by atoms with van der Waals surface area (Å²) in [6.45, 7) is 5.58. The van der Waals surface area contributed by atoms with Crippen LogP contribution in [0.4, 0.5) is 5.69 Å². The number of methoxy groups -OCH3 is 1. The molecule has 218 valence electrons. The van der Waals surface area contributed by atoms with Crippen molar-refractivity contribution in [2.45, 2.75) is 45.3 Å². The minimum absolute atomic E-state index is 0.0431. The van der Waals surface area contributed by atoms with Gasteiger partial charge in [0.1, 0.15) is 5.65 Å². The van der Waals surface area contributed by atoms with Crippen molar-refractivity contribution in [2.24, 2.45) is 5.92 Å². The Kier molecular flexibility index (Phi) is 8.04. The molecule has 2 atom stereocenters. The summed E-state index contributed by atoms with van der Waals surface area (Å²) in [6, 6.07) is 19.2. The van der Waals surface area contributed by atoms with Crippen molar-refractivity contribution >= 4 is 17.2 Å². The Balaban J connectivity index is 1.28. The van der Waals surface area contributed by atoms with Gasteiger partial charge < -0.3 is 14.0 Å². The third-order valence-electron chi connectivity index (χ3n) is 8.77. The van der Waals surface area contributed by atoms with E-state index >= 15 is 0 Å². The summed E-state index contributed by atoms with van der Waals surface area (Å²) in [5, 5.41) is 11.6. The number of pyridine rings is 1. The molecule has 1 aliphatic carbocycles. The van der Waals surface area contributed by atoms with E-state index in [1.54, 1.807) is 19.2 Å². The molecule has 2 aliphatic rings. The SMILES string of the molecule is CO[C@H]1CCC[C@@H](C(=O)N2CCN(Cc3c(-c4cccc([N+](=O)[O-])c4)nc4ccc(-c5cccc(C)c5)cn34)CC2)C1. The molecule has 1 aliphatic heterocycles. The quantitative estimate of drug-likeness (QED) is 0.209. The van der Waals surface area contributed by atoms with E-state index in [1.807, 2.05) is 17.0 Å². The van der Waals surface area contributed by atoms with Gasteiger partial charge in [0.2, 0.25) is 5.91 Å². The average Bonchev–Trinajstić information content (AvgIpc) is 3.38. The Hall–Kier alpha value is -4.08. The maximum atomic E-state index is 13.3. The van der Waals surface area contributed by atoms with Gasteiger partial charge in [-0.1, -0.05) is 48.4 Å². The van der Waals surface area contributed by atoms with E-state index in [2.05, 4.69) is 52.8 Å². The van der Waals surface area contributed by atoms with Crippen molar-refractivity contribution in [3.05, 3.63) is 88.2 Å². The lowest BCUT2D eigenvalue weighted by molar-refractivity contribution is -0.384. The summed E-state index contributed by atoms with van der Waals surface area (Å²) in [5.74, 6) is 0.306. The highest BCUT2D eigenvalue weighted by Gasteiger charge is 2.32. The normalized spacial score (nSPS) is 19.7. The van der Waals surface area contributed by atoms with Crippen molar-refractivity contribution < 1.29 is 14.5 Å². The van der Waals surface area contributed by atoms with Gasteiger partial charge in [0.05, 0.1) is 22.4 Å². The monoisotopic (exact) mass is 567 g/mol. The van der Waals surface area contributed by atoms with Crippen LogP contribution in [0.25, 0.3) is 28.0 Å². The lowest BCUT2D eigenvalue weighted by Crippen LogP contribution is -2.50. The number of rotatable bonds is 7. The molecule has 2 aromatic heterocycles. The first kappa shape index (κ1) is 28.1. The minimum Gasteiger partial charge on any atom is -0.381 e. The average molecular weight is 568 g/mol. The van der Waals surface area contributed by atoms with Crippen LogP contribution in [0.3, 0.4) is 0 Å². The molecule has 1 saturated carbocycles. The fraction of sp³-hybridized carbons (Fsp3) is 0.394. The number of benzene rings is 2. The molecule has 0 radical (unpaired) electrons. The van der Waals surface area contributed by atoms with Crippen LogP contribution in [0.2, 0.25) is 0 Å². The predicted octanol–water partition coefficient (Wildman–Crippen LogP) is 5.73. The number of nitrogens with zero attached hydrogens (tertiary/aromatic N) is 5. The summed E-state index contributed by atoms with van der Waals surface area (Å²) in [6.07, 6.45) is 6.12. The van der Waals surface area contributed by atoms with E-state index in [0.717, 1.165) is 72.5 Å². The number of non-ortho nitro benzene ring substituents is 1. The number of hydrogen-bond acceptors (Lipinski definition) is 6. The molecule has 1 amide bonds. The number of hydrogen-bond donors (Lipinski definition) is 0. The molecular formula is C33H37N5O4. The van der Waals surface area contributed by atoms with Crippen LogP contribution in [0.5, 0.6) is 0 Å². The molecule has 2 aromatic carbocycles. The van der Waals surface area contributed by atoms with Gasteiger partial charge in [-0.3, -0.25) is 19.8 Å². The zero-order valence-corrected chi connectivity index (χ0v) is 24.2. The van der Waals surface area contributed by atoms with Crippen molar-refractivity contribution in [2.75, 3.05) is 33.3 Å². The summed E-state index contributed by atoms with van der Waals surface area (Å²) in [7, 11) is 1.74. The molecule has 2 fully saturated rings. The number of piperazine rings is 1. The van der Waals surface area contributed by atoms with E-state index in [-0.39, 0.29) is 28.5 Å². The molecule has 0 unspecified atom stereocenters. The number of aromatic nitrogens is 2. The van der Waals surface area contributed by atoms with Gasteiger partial charge in [-0.15, -0.1) is 0 Å². The highest BCUT2D eigenvalue weighted by Crippen LogP contribution is 2.32. The number of ether oxygens (including phenoxy) is 1. The fourth-order valence-electron chi connectivity index (χ4n) is 6.42. The smallest absolute Gasteiger partial charge is 0.270 e. The number of amides is 1. The molecule has 3 heterocycles. The Morgan fingerprint density at radius 2 is 1.79 bits per heavy atom. The molecule has 4 aromatic rings. The second kappa shape index (κ2) is 12.0. The van der Waals surface area contributed by atoms with Crippen LogP contribution in [0, 0.1) is 23.0 Å². The first-order valence-corrected chi connectivity index (χ1v) is 14.8. The Bertz CT molecular complexity index is 1610. The first-order chi connectivity index (χ1) is 20.4. The van der Waals surface area contributed by atoms with Crippen LogP contribution in [-0.2, 0) is 16.1 Å². The lowest BCUT2D eigenvalue weighted by atomic mass is 9.86.